The minimum atomic E-state index is -0.536. The van der Waals surface area contributed by atoms with Gasteiger partial charge in [-0.1, -0.05) is 23.2 Å². The largest absolute Gasteiger partial charge is 0.370 e. The summed E-state index contributed by atoms with van der Waals surface area (Å²) in [5.74, 6) is -0.375. The van der Waals surface area contributed by atoms with E-state index < -0.39 is 11.9 Å². The molecule has 21 heavy (non-hydrogen) atoms. The summed E-state index contributed by atoms with van der Waals surface area (Å²) in [5.41, 5.74) is 0.530. The highest BCUT2D eigenvalue weighted by Crippen LogP contribution is 2.32. The average Bonchev–Trinajstić information content (AvgIpc) is 2.41. The molecule has 0 aliphatic carbocycles. The van der Waals surface area contributed by atoms with Crippen LogP contribution in [0.3, 0.4) is 0 Å². The van der Waals surface area contributed by atoms with Gasteiger partial charge in [0.15, 0.2) is 0 Å². The number of carbonyl (C=O) groups excluding carboxylic acids is 1. The molecular formula is C14H15Cl2FN2O2. The summed E-state index contributed by atoms with van der Waals surface area (Å²) in [7, 11) is 0. The number of rotatable bonds is 2. The van der Waals surface area contributed by atoms with Crippen molar-refractivity contribution in [1.29, 1.82) is 0 Å². The Labute approximate surface area is 132 Å². The maximum atomic E-state index is 13.6. The summed E-state index contributed by atoms with van der Waals surface area (Å²) in [6.45, 7) is 2.79. The van der Waals surface area contributed by atoms with Gasteiger partial charge in [-0.25, -0.2) is 4.39 Å². The number of hydrogen-bond donors (Lipinski definition) is 1. The molecule has 1 aromatic rings. The maximum absolute atomic E-state index is 13.6. The number of hydrogen-bond acceptors (Lipinski definition) is 3. The number of morpholine rings is 1. The number of nitrogens with one attached hydrogen (secondary N) is 1. The average molecular weight is 333 g/mol. The molecule has 0 spiro atoms. The molecule has 2 heterocycles. The Balaban J connectivity index is 1.76. The first-order valence-electron chi connectivity index (χ1n) is 6.82. The monoisotopic (exact) mass is 332 g/mol. The second-order valence-electron chi connectivity index (χ2n) is 5.29. The van der Waals surface area contributed by atoms with E-state index in [2.05, 4.69) is 5.32 Å². The van der Waals surface area contributed by atoms with Gasteiger partial charge in [-0.15, -0.1) is 0 Å². The van der Waals surface area contributed by atoms with E-state index in [0.717, 1.165) is 13.1 Å². The lowest BCUT2D eigenvalue weighted by molar-refractivity contribution is -0.144. The van der Waals surface area contributed by atoms with Crippen LogP contribution < -0.4 is 5.32 Å². The van der Waals surface area contributed by atoms with Crippen LogP contribution in [0.1, 0.15) is 11.7 Å². The quantitative estimate of drug-likeness (QED) is 0.844. The van der Waals surface area contributed by atoms with Crippen molar-refractivity contribution in [2.45, 2.75) is 6.10 Å². The Kier molecular flexibility index (Phi) is 4.36. The van der Waals surface area contributed by atoms with Crippen LogP contribution in [0, 0.1) is 11.7 Å². The van der Waals surface area contributed by atoms with Crippen molar-refractivity contribution in [3.63, 3.8) is 0 Å². The molecule has 2 aliphatic heterocycles. The lowest BCUT2D eigenvalue weighted by Crippen LogP contribution is -2.54. The Morgan fingerprint density at radius 3 is 2.76 bits per heavy atom. The van der Waals surface area contributed by atoms with E-state index >= 15 is 0 Å². The van der Waals surface area contributed by atoms with Crippen molar-refractivity contribution >= 4 is 29.1 Å². The van der Waals surface area contributed by atoms with Gasteiger partial charge in [0.2, 0.25) is 5.91 Å². The van der Waals surface area contributed by atoms with Crippen LogP contribution >= 0.6 is 23.2 Å². The normalized spacial score (nSPS) is 23.0. The Morgan fingerprint density at radius 1 is 1.33 bits per heavy atom. The predicted molar refractivity (Wildman–Crippen MR) is 78.1 cm³/mol. The van der Waals surface area contributed by atoms with E-state index in [1.165, 1.54) is 12.1 Å². The van der Waals surface area contributed by atoms with Crippen LogP contribution in [0.5, 0.6) is 0 Å². The Hall–Kier alpha value is -0.880. The van der Waals surface area contributed by atoms with Crippen molar-refractivity contribution in [3.8, 4) is 0 Å². The minimum absolute atomic E-state index is 0.0203. The molecule has 1 atom stereocenters. The molecule has 1 N–H and O–H groups in total. The zero-order chi connectivity index (χ0) is 15.0. The van der Waals surface area contributed by atoms with Crippen LogP contribution in [-0.4, -0.2) is 43.6 Å². The van der Waals surface area contributed by atoms with Gasteiger partial charge >= 0.3 is 0 Å². The SMILES string of the molecule is O=C(C1CNC1)N1CCOC(c2cc(F)c(Cl)cc2Cl)C1. The summed E-state index contributed by atoms with van der Waals surface area (Å²) in [6.07, 6.45) is -0.421. The van der Waals surface area contributed by atoms with Crippen LogP contribution in [0.4, 0.5) is 4.39 Å². The summed E-state index contributed by atoms with van der Waals surface area (Å²) < 4.78 is 19.3. The number of carbonyl (C=O) groups is 1. The molecule has 2 saturated heterocycles. The predicted octanol–water partition coefficient (Wildman–Crippen LogP) is 2.25. The van der Waals surface area contributed by atoms with E-state index in [1.54, 1.807) is 4.90 Å². The number of amides is 1. The minimum Gasteiger partial charge on any atom is -0.370 e. The van der Waals surface area contributed by atoms with Crippen LogP contribution in [0.25, 0.3) is 0 Å². The summed E-state index contributed by atoms with van der Waals surface area (Å²) in [4.78, 5) is 14.0. The third-order valence-corrected chi connectivity index (χ3v) is 4.51. The Morgan fingerprint density at radius 2 is 2.10 bits per heavy atom. The first-order valence-corrected chi connectivity index (χ1v) is 7.57. The third kappa shape index (κ3) is 3.01. The number of nitrogens with zero attached hydrogens (tertiary/aromatic N) is 1. The van der Waals surface area contributed by atoms with Crippen molar-refractivity contribution in [1.82, 2.24) is 10.2 Å². The number of benzene rings is 1. The molecule has 0 saturated carbocycles. The van der Waals surface area contributed by atoms with E-state index in [4.69, 9.17) is 27.9 Å². The lowest BCUT2D eigenvalue weighted by Gasteiger charge is -2.37. The van der Waals surface area contributed by atoms with E-state index in [-0.39, 0.29) is 16.8 Å². The molecule has 2 fully saturated rings. The van der Waals surface area contributed by atoms with Gasteiger partial charge < -0.3 is 15.0 Å². The zero-order valence-electron chi connectivity index (χ0n) is 11.2. The molecule has 1 aromatic carbocycles. The topological polar surface area (TPSA) is 41.6 Å². The van der Waals surface area contributed by atoms with Gasteiger partial charge in [0.1, 0.15) is 11.9 Å². The first-order chi connectivity index (χ1) is 10.1. The van der Waals surface area contributed by atoms with Gasteiger partial charge in [0.05, 0.1) is 24.1 Å². The molecule has 2 aliphatic rings. The molecule has 4 nitrogen and oxygen atoms in total. The summed E-state index contributed by atoms with van der Waals surface area (Å²) in [6, 6.07) is 2.65. The molecule has 1 amide bonds. The smallest absolute Gasteiger partial charge is 0.228 e. The van der Waals surface area contributed by atoms with Gasteiger partial charge in [-0.2, -0.15) is 0 Å². The van der Waals surface area contributed by atoms with Gasteiger partial charge in [-0.3, -0.25) is 4.79 Å². The van der Waals surface area contributed by atoms with Crippen molar-refractivity contribution in [3.05, 3.63) is 33.6 Å². The van der Waals surface area contributed by atoms with Gasteiger partial charge in [-0.05, 0) is 12.1 Å². The van der Waals surface area contributed by atoms with E-state index in [0.29, 0.717) is 30.3 Å². The van der Waals surface area contributed by atoms with E-state index in [1.807, 2.05) is 0 Å². The molecule has 1 unspecified atom stereocenters. The van der Waals surface area contributed by atoms with E-state index in [9.17, 15) is 9.18 Å². The van der Waals surface area contributed by atoms with Crippen molar-refractivity contribution < 1.29 is 13.9 Å². The molecule has 3 rings (SSSR count). The van der Waals surface area contributed by atoms with Crippen LogP contribution in [-0.2, 0) is 9.53 Å². The summed E-state index contributed by atoms with van der Waals surface area (Å²) >= 11 is 11.8. The second kappa shape index (κ2) is 6.08. The summed E-state index contributed by atoms with van der Waals surface area (Å²) in [5, 5.41) is 3.42. The molecule has 114 valence electrons. The molecule has 0 radical (unpaired) electrons. The van der Waals surface area contributed by atoms with Crippen LogP contribution in [0.15, 0.2) is 12.1 Å². The lowest BCUT2D eigenvalue weighted by atomic mass is 10.0. The fraction of sp³-hybridized carbons (Fsp3) is 0.500. The molecule has 0 bridgehead atoms. The second-order valence-corrected chi connectivity index (χ2v) is 6.10. The Bertz CT molecular complexity index is 566. The van der Waals surface area contributed by atoms with Crippen LogP contribution in [0.2, 0.25) is 10.0 Å². The van der Waals surface area contributed by atoms with Crippen molar-refractivity contribution in [2.24, 2.45) is 5.92 Å². The fourth-order valence-electron chi connectivity index (χ4n) is 2.54. The first kappa shape index (κ1) is 15.0. The zero-order valence-corrected chi connectivity index (χ0v) is 12.8. The highest BCUT2D eigenvalue weighted by molar-refractivity contribution is 6.35. The number of ether oxygens (including phenoxy) is 1. The molecule has 0 aromatic heterocycles. The highest BCUT2D eigenvalue weighted by atomic mass is 35.5. The molecular weight excluding hydrogens is 318 g/mol. The van der Waals surface area contributed by atoms with Gasteiger partial charge in [0.25, 0.3) is 0 Å². The third-order valence-electron chi connectivity index (χ3n) is 3.90. The highest BCUT2D eigenvalue weighted by Gasteiger charge is 2.33. The van der Waals surface area contributed by atoms with Crippen molar-refractivity contribution in [2.75, 3.05) is 32.8 Å². The fourth-order valence-corrected chi connectivity index (χ4v) is 3.05. The maximum Gasteiger partial charge on any atom is 0.228 e. The van der Waals surface area contributed by atoms with Gasteiger partial charge in [0, 0.05) is 30.2 Å². The molecule has 7 heteroatoms. The number of halogens is 3. The standard InChI is InChI=1S/C14H15Cl2FN2O2/c15-10-4-11(16)12(17)3-9(10)13-7-19(1-2-21-13)14(20)8-5-18-6-8/h3-4,8,13,18H,1-2,5-7H2.